The van der Waals surface area contributed by atoms with Gasteiger partial charge in [0.1, 0.15) is 0 Å². The Kier molecular flexibility index (Phi) is 3.75. The molecule has 1 saturated carbocycles. The fraction of sp³-hybridized carbons (Fsp3) is 0.533. The van der Waals surface area contributed by atoms with Gasteiger partial charge < -0.3 is 5.11 Å². The second-order valence-electron chi connectivity index (χ2n) is 5.82. The predicted octanol–water partition coefficient (Wildman–Crippen LogP) is 2.34. The second kappa shape index (κ2) is 5.42. The quantitative estimate of drug-likeness (QED) is 0.930. The molecule has 114 valence electrons. The Morgan fingerprint density at radius 3 is 2.62 bits per heavy atom. The number of benzene rings is 1. The van der Waals surface area contributed by atoms with Gasteiger partial charge in [-0.1, -0.05) is 25.0 Å². The third-order valence-electron chi connectivity index (χ3n) is 4.66. The molecule has 0 amide bonds. The van der Waals surface area contributed by atoms with E-state index in [-0.39, 0.29) is 16.5 Å². The SMILES string of the molecule is O=C(O)c1ccccc1S(=O)(=O)N1CCC2CCCCC21. The molecule has 2 aliphatic rings. The van der Waals surface area contributed by atoms with Crippen molar-refractivity contribution in [2.45, 2.75) is 43.0 Å². The molecule has 1 N–H and O–H groups in total. The molecule has 6 heteroatoms. The highest BCUT2D eigenvalue weighted by atomic mass is 32.2. The van der Waals surface area contributed by atoms with E-state index in [4.69, 9.17) is 0 Å². The molecule has 2 unspecified atom stereocenters. The summed E-state index contributed by atoms with van der Waals surface area (Å²) >= 11 is 0. The number of carboxylic acid groups (broad SMARTS) is 1. The van der Waals surface area contributed by atoms with E-state index in [1.807, 2.05) is 0 Å². The molecule has 1 aliphatic carbocycles. The molecule has 21 heavy (non-hydrogen) atoms. The lowest BCUT2D eigenvalue weighted by atomic mass is 9.86. The Morgan fingerprint density at radius 1 is 1.14 bits per heavy atom. The number of nitrogens with zero attached hydrogens (tertiary/aromatic N) is 1. The van der Waals surface area contributed by atoms with E-state index in [0.717, 1.165) is 25.7 Å². The van der Waals surface area contributed by atoms with Crippen molar-refractivity contribution in [1.82, 2.24) is 4.31 Å². The summed E-state index contributed by atoms with van der Waals surface area (Å²) in [6.45, 7) is 0.506. The van der Waals surface area contributed by atoms with Crippen molar-refractivity contribution >= 4 is 16.0 Å². The molecule has 1 saturated heterocycles. The van der Waals surface area contributed by atoms with Crippen LogP contribution in [0.4, 0.5) is 0 Å². The zero-order valence-corrected chi connectivity index (χ0v) is 12.6. The van der Waals surface area contributed by atoms with Crippen molar-refractivity contribution in [2.24, 2.45) is 5.92 Å². The van der Waals surface area contributed by atoms with Gasteiger partial charge in [0.2, 0.25) is 10.0 Å². The molecule has 1 heterocycles. The number of hydrogen-bond acceptors (Lipinski definition) is 3. The lowest BCUT2D eigenvalue weighted by molar-refractivity contribution is 0.0692. The van der Waals surface area contributed by atoms with Gasteiger partial charge in [0.15, 0.2) is 0 Å². The Hall–Kier alpha value is -1.40. The van der Waals surface area contributed by atoms with Crippen molar-refractivity contribution in [3.05, 3.63) is 29.8 Å². The smallest absolute Gasteiger partial charge is 0.337 e. The first kappa shape index (κ1) is 14.5. The summed E-state index contributed by atoms with van der Waals surface area (Å²) in [6.07, 6.45) is 5.07. The van der Waals surface area contributed by atoms with Crippen LogP contribution in [0.3, 0.4) is 0 Å². The topological polar surface area (TPSA) is 74.7 Å². The zero-order chi connectivity index (χ0) is 15.0. The third-order valence-corrected chi connectivity index (χ3v) is 6.65. The van der Waals surface area contributed by atoms with Gasteiger partial charge in [-0.2, -0.15) is 4.31 Å². The second-order valence-corrected chi connectivity index (χ2v) is 7.68. The summed E-state index contributed by atoms with van der Waals surface area (Å²) in [6, 6.07) is 5.92. The maximum Gasteiger partial charge on any atom is 0.337 e. The highest BCUT2D eigenvalue weighted by molar-refractivity contribution is 7.89. The van der Waals surface area contributed by atoms with E-state index in [1.54, 1.807) is 16.4 Å². The average molecular weight is 309 g/mol. The number of carbonyl (C=O) groups is 1. The molecule has 2 atom stereocenters. The Balaban J connectivity index is 2.00. The summed E-state index contributed by atoms with van der Waals surface area (Å²) in [4.78, 5) is 11.2. The molecule has 0 spiro atoms. The summed E-state index contributed by atoms with van der Waals surface area (Å²) in [5.74, 6) is -0.765. The molecule has 1 aromatic rings. The van der Waals surface area contributed by atoms with Crippen LogP contribution in [0.2, 0.25) is 0 Å². The Morgan fingerprint density at radius 2 is 1.86 bits per heavy atom. The van der Waals surface area contributed by atoms with E-state index in [2.05, 4.69) is 0 Å². The number of rotatable bonds is 3. The highest BCUT2D eigenvalue weighted by Gasteiger charge is 2.43. The fourth-order valence-corrected chi connectivity index (χ4v) is 5.57. The molecule has 0 radical (unpaired) electrons. The maximum atomic E-state index is 12.9. The largest absolute Gasteiger partial charge is 0.478 e. The van der Waals surface area contributed by atoms with Gasteiger partial charge in [0.25, 0.3) is 0 Å². The molecular weight excluding hydrogens is 290 g/mol. The van der Waals surface area contributed by atoms with Crippen LogP contribution in [-0.2, 0) is 10.0 Å². The Bertz CT molecular complexity index is 655. The first-order valence-corrected chi connectivity index (χ1v) is 8.80. The first-order valence-electron chi connectivity index (χ1n) is 7.36. The summed E-state index contributed by atoms with van der Waals surface area (Å²) in [5, 5.41) is 9.22. The summed E-state index contributed by atoms with van der Waals surface area (Å²) in [7, 11) is -3.73. The van der Waals surface area contributed by atoms with Gasteiger partial charge in [-0.05, 0) is 37.3 Å². The minimum Gasteiger partial charge on any atom is -0.478 e. The van der Waals surface area contributed by atoms with Crippen molar-refractivity contribution in [3.63, 3.8) is 0 Å². The van der Waals surface area contributed by atoms with Crippen LogP contribution in [0.25, 0.3) is 0 Å². The lowest BCUT2D eigenvalue weighted by Gasteiger charge is -2.31. The standard InChI is InChI=1S/C15H19NO4S/c17-15(18)12-6-2-4-8-14(12)21(19,20)16-10-9-11-5-1-3-7-13(11)16/h2,4,6,8,11,13H,1,3,5,7,9-10H2,(H,17,18). The number of aromatic carboxylic acids is 1. The molecule has 1 aromatic carbocycles. The van der Waals surface area contributed by atoms with E-state index in [1.165, 1.54) is 18.6 Å². The van der Waals surface area contributed by atoms with Crippen LogP contribution in [-0.4, -0.2) is 36.4 Å². The monoisotopic (exact) mass is 309 g/mol. The van der Waals surface area contributed by atoms with Crippen LogP contribution in [0.15, 0.2) is 29.2 Å². The normalized spacial score (nSPS) is 26.5. The minimum atomic E-state index is -3.73. The Labute approximate surface area is 124 Å². The van der Waals surface area contributed by atoms with Crippen molar-refractivity contribution < 1.29 is 18.3 Å². The number of fused-ring (bicyclic) bond motifs is 1. The number of sulfonamides is 1. The molecule has 0 bridgehead atoms. The van der Waals surface area contributed by atoms with Crippen LogP contribution >= 0.6 is 0 Å². The third kappa shape index (κ3) is 2.46. The van der Waals surface area contributed by atoms with Crippen LogP contribution in [0.1, 0.15) is 42.5 Å². The molecule has 1 aliphatic heterocycles. The van der Waals surface area contributed by atoms with Crippen molar-refractivity contribution in [2.75, 3.05) is 6.54 Å². The highest BCUT2D eigenvalue weighted by Crippen LogP contribution is 2.39. The van der Waals surface area contributed by atoms with E-state index >= 15 is 0 Å². The van der Waals surface area contributed by atoms with E-state index in [0.29, 0.717) is 12.5 Å². The molecular formula is C15H19NO4S. The number of carboxylic acids is 1. The summed E-state index contributed by atoms with van der Waals surface area (Å²) < 4.78 is 27.3. The van der Waals surface area contributed by atoms with Crippen LogP contribution in [0.5, 0.6) is 0 Å². The van der Waals surface area contributed by atoms with Gasteiger partial charge in [0, 0.05) is 12.6 Å². The van der Waals surface area contributed by atoms with Gasteiger partial charge >= 0.3 is 5.97 Å². The van der Waals surface area contributed by atoms with Gasteiger partial charge in [-0.25, -0.2) is 13.2 Å². The molecule has 3 rings (SSSR count). The number of hydrogen-bond donors (Lipinski definition) is 1. The summed E-state index contributed by atoms with van der Waals surface area (Å²) in [5.41, 5.74) is -0.142. The van der Waals surface area contributed by atoms with Crippen molar-refractivity contribution in [3.8, 4) is 0 Å². The van der Waals surface area contributed by atoms with Gasteiger partial charge in [-0.15, -0.1) is 0 Å². The molecule has 2 fully saturated rings. The predicted molar refractivity (Wildman–Crippen MR) is 77.7 cm³/mol. The molecule has 0 aromatic heterocycles. The minimum absolute atomic E-state index is 0.0469. The van der Waals surface area contributed by atoms with Crippen molar-refractivity contribution in [1.29, 1.82) is 0 Å². The fourth-order valence-electron chi connectivity index (χ4n) is 3.66. The van der Waals surface area contributed by atoms with Crippen LogP contribution < -0.4 is 0 Å². The zero-order valence-electron chi connectivity index (χ0n) is 11.7. The average Bonchev–Trinajstić information content (AvgIpc) is 2.92. The van der Waals surface area contributed by atoms with Gasteiger partial charge in [-0.3, -0.25) is 0 Å². The van der Waals surface area contributed by atoms with Gasteiger partial charge in [0.05, 0.1) is 10.5 Å². The van der Waals surface area contributed by atoms with E-state index in [9.17, 15) is 18.3 Å². The van der Waals surface area contributed by atoms with E-state index < -0.39 is 16.0 Å². The molecule has 5 nitrogen and oxygen atoms in total. The maximum absolute atomic E-state index is 12.9. The first-order chi connectivity index (χ1) is 10.0. The lowest BCUT2D eigenvalue weighted by Crippen LogP contribution is -2.39. The van der Waals surface area contributed by atoms with Crippen LogP contribution in [0, 0.1) is 5.92 Å².